The number of nitro groups is 1. The Balaban J connectivity index is 4.86. The minimum absolute atomic E-state index is 0.577. The smallest absolute Gasteiger partial charge is 0.320 e. The second kappa shape index (κ2) is 6.31. The van der Waals surface area contributed by atoms with Gasteiger partial charge in [-0.3, -0.25) is 14.9 Å². The zero-order valence-corrected chi connectivity index (χ0v) is 9.13. The van der Waals surface area contributed by atoms with Crippen molar-refractivity contribution in [3.8, 4) is 0 Å². The van der Waals surface area contributed by atoms with Crippen LogP contribution in [0.15, 0.2) is 0 Å². The fraction of sp³-hybridized carbons (Fsp3) is 0.875. The first-order chi connectivity index (χ1) is 6.99. The van der Waals surface area contributed by atoms with Crippen LogP contribution in [0.5, 0.6) is 0 Å². The van der Waals surface area contributed by atoms with Gasteiger partial charge in [-0.2, -0.15) is 0 Å². The van der Waals surface area contributed by atoms with Crippen LogP contribution in [-0.4, -0.2) is 44.6 Å². The normalized spacial score (nSPS) is 14.7. The van der Waals surface area contributed by atoms with Crippen LogP contribution in [-0.2, 0) is 19.0 Å². The molecule has 0 unspecified atom stereocenters. The van der Waals surface area contributed by atoms with Crippen LogP contribution in [0.2, 0.25) is 0 Å². The van der Waals surface area contributed by atoms with Gasteiger partial charge in [0, 0.05) is 26.1 Å². The summed E-state index contributed by atoms with van der Waals surface area (Å²) >= 11 is 0. The minimum Gasteiger partial charge on any atom is -0.468 e. The highest BCUT2D eigenvalue weighted by molar-refractivity contribution is 5.73. The van der Waals surface area contributed by atoms with E-state index in [1.54, 1.807) is 0 Å². The molecule has 0 aromatic rings. The van der Waals surface area contributed by atoms with Crippen molar-refractivity contribution in [1.29, 1.82) is 0 Å². The molecule has 0 radical (unpaired) electrons. The third kappa shape index (κ3) is 3.45. The predicted molar refractivity (Wildman–Crippen MR) is 49.8 cm³/mol. The standard InChI is InChI=1S/C8H15NO6/c1-5(9(11)12)6(7(10)13-2)8(14-3)15-4/h5-6,8H,1-4H3/t5-,6-/m0/s1. The van der Waals surface area contributed by atoms with Gasteiger partial charge in [0.1, 0.15) is 0 Å². The van der Waals surface area contributed by atoms with Crippen LogP contribution in [0.3, 0.4) is 0 Å². The number of methoxy groups -OCH3 is 3. The molecule has 0 aromatic carbocycles. The Labute approximate surface area is 87.4 Å². The van der Waals surface area contributed by atoms with Crippen molar-refractivity contribution in [1.82, 2.24) is 0 Å². The minimum atomic E-state index is -1.14. The van der Waals surface area contributed by atoms with Gasteiger partial charge >= 0.3 is 5.97 Å². The molecule has 0 rings (SSSR count). The summed E-state index contributed by atoms with van der Waals surface area (Å²) in [5.41, 5.74) is 0. The fourth-order valence-electron chi connectivity index (χ4n) is 1.19. The quantitative estimate of drug-likeness (QED) is 0.273. The molecule has 15 heavy (non-hydrogen) atoms. The Bertz CT molecular complexity index is 227. The van der Waals surface area contributed by atoms with E-state index in [1.165, 1.54) is 21.1 Å². The van der Waals surface area contributed by atoms with Crippen LogP contribution in [0, 0.1) is 16.0 Å². The van der Waals surface area contributed by atoms with E-state index in [-0.39, 0.29) is 0 Å². The second-order valence-electron chi connectivity index (χ2n) is 2.91. The maximum Gasteiger partial charge on any atom is 0.320 e. The molecule has 0 aliphatic carbocycles. The Hall–Kier alpha value is -1.21. The number of carbonyl (C=O) groups is 1. The first-order valence-electron chi connectivity index (χ1n) is 4.26. The first-order valence-corrected chi connectivity index (χ1v) is 4.26. The Morgan fingerprint density at radius 3 is 2.00 bits per heavy atom. The zero-order valence-electron chi connectivity index (χ0n) is 9.13. The van der Waals surface area contributed by atoms with Crippen LogP contribution < -0.4 is 0 Å². The molecule has 0 spiro atoms. The number of ether oxygens (including phenoxy) is 3. The molecule has 0 aliphatic rings. The molecule has 0 heterocycles. The molecule has 0 saturated carbocycles. The van der Waals surface area contributed by atoms with Crippen molar-refractivity contribution >= 4 is 5.97 Å². The first kappa shape index (κ1) is 13.8. The summed E-state index contributed by atoms with van der Waals surface area (Å²) in [6.07, 6.45) is -0.988. The highest BCUT2D eigenvalue weighted by Gasteiger charge is 2.41. The van der Waals surface area contributed by atoms with Crippen LogP contribution >= 0.6 is 0 Å². The number of carbonyl (C=O) groups excluding carboxylic acids is 1. The predicted octanol–water partition coefficient (Wildman–Crippen LogP) is 0.0597. The summed E-state index contributed by atoms with van der Waals surface area (Å²) in [6.45, 7) is 1.30. The molecular formula is C8H15NO6. The summed E-state index contributed by atoms with van der Waals surface area (Å²) in [7, 11) is 3.76. The van der Waals surface area contributed by atoms with Crippen LogP contribution in [0.4, 0.5) is 0 Å². The number of nitrogens with zero attached hydrogens (tertiary/aromatic N) is 1. The van der Waals surface area contributed by atoms with E-state index in [9.17, 15) is 14.9 Å². The second-order valence-corrected chi connectivity index (χ2v) is 2.91. The maximum atomic E-state index is 11.3. The summed E-state index contributed by atoms with van der Waals surface area (Å²) in [4.78, 5) is 21.3. The van der Waals surface area contributed by atoms with Gasteiger partial charge in [0.25, 0.3) is 0 Å². The van der Waals surface area contributed by atoms with Gasteiger partial charge in [-0.15, -0.1) is 0 Å². The average molecular weight is 221 g/mol. The van der Waals surface area contributed by atoms with Crippen molar-refractivity contribution < 1.29 is 23.9 Å². The molecule has 88 valence electrons. The van der Waals surface area contributed by atoms with Gasteiger partial charge in [0.2, 0.25) is 6.04 Å². The summed E-state index contributed by atoms with van der Waals surface area (Å²) in [6, 6.07) is -1.14. The maximum absolute atomic E-state index is 11.3. The molecule has 2 atom stereocenters. The van der Waals surface area contributed by atoms with Crippen molar-refractivity contribution in [2.75, 3.05) is 21.3 Å². The largest absolute Gasteiger partial charge is 0.468 e. The lowest BCUT2D eigenvalue weighted by molar-refractivity contribution is -0.530. The molecule has 0 amide bonds. The molecular weight excluding hydrogens is 206 g/mol. The molecule has 0 aromatic heterocycles. The lowest BCUT2D eigenvalue weighted by atomic mass is 10.0. The van der Waals surface area contributed by atoms with E-state index in [4.69, 9.17) is 9.47 Å². The van der Waals surface area contributed by atoms with Gasteiger partial charge in [-0.1, -0.05) is 0 Å². The van der Waals surface area contributed by atoms with Crippen molar-refractivity contribution in [2.24, 2.45) is 5.92 Å². The van der Waals surface area contributed by atoms with E-state index in [1.807, 2.05) is 0 Å². The summed E-state index contributed by atoms with van der Waals surface area (Å²) in [5.74, 6) is -1.81. The number of esters is 1. The lowest BCUT2D eigenvalue weighted by Crippen LogP contribution is -2.43. The Morgan fingerprint density at radius 2 is 1.73 bits per heavy atom. The topological polar surface area (TPSA) is 87.9 Å². The molecule has 7 nitrogen and oxygen atoms in total. The molecule has 0 bridgehead atoms. The number of hydrogen-bond acceptors (Lipinski definition) is 6. The number of hydrogen-bond donors (Lipinski definition) is 0. The van der Waals surface area contributed by atoms with E-state index in [0.29, 0.717) is 0 Å². The van der Waals surface area contributed by atoms with E-state index < -0.39 is 29.1 Å². The van der Waals surface area contributed by atoms with Crippen molar-refractivity contribution in [3.05, 3.63) is 10.1 Å². The lowest BCUT2D eigenvalue weighted by Gasteiger charge is -2.22. The SMILES string of the molecule is COC(=O)[C@@H](C(OC)OC)[C@H](C)[N+](=O)[O-]. The highest BCUT2D eigenvalue weighted by Crippen LogP contribution is 2.17. The zero-order chi connectivity index (χ0) is 12.0. The van der Waals surface area contributed by atoms with Crippen molar-refractivity contribution in [3.63, 3.8) is 0 Å². The van der Waals surface area contributed by atoms with Crippen LogP contribution in [0.1, 0.15) is 6.92 Å². The van der Waals surface area contributed by atoms with Crippen LogP contribution in [0.25, 0.3) is 0 Å². The molecule has 7 heteroatoms. The average Bonchev–Trinajstić information content (AvgIpc) is 2.23. The molecule has 0 N–H and O–H groups in total. The third-order valence-corrected chi connectivity index (χ3v) is 2.08. The molecule has 0 fully saturated rings. The van der Waals surface area contributed by atoms with Gasteiger partial charge in [-0.05, 0) is 0 Å². The Kier molecular flexibility index (Phi) is 5.80. The number of rotatable bonds is 6. The van der Waals surface area contributed by atoms with Gasteiger partial charge in [0.15, 0.2) is 12.2 Å². The molecule has 0 saturated heterocycles. The van der Waals surface area contributed by atoms with E-state index >= 15 is 0 Å². The molecule has 0 aliphatic heterocycles. The summed E-state index contributed by atoms with van der Waals surface area (Å²) in [5, 5.41) is 10.6. The third-order valence-electron chi connectivity index (χ3n) is 2.08. The van der Waals surface area contributed by atoms with E-state index in [0.717, 1.165) is 7.11 Å². The van der Waals surface area contributed by atoms with Gasteiger partial charge < -0.3 is 14.2 Å². The van der Waals surface area contributed by atoms with Crippen molar-refractivity contribution in [2.45, 2.75) is 19.3 Å². The summed E-state index contributed by atoms with van der Waals surface area (Å²) < 4.78 is 14.1. The fourth-order valence-corrected chi connectivity index (χ4v) is 1.19. The van der Waals surface area contributed by atoms with E-state index in [2.05, 4.69) is 4.74 Å². The Morgan fingerprint density at radius 1 is 1.27 bits per heavy atom. The monoisotopic (exact) mass is 221 g/mol. The highest BCUT2D eigenvalue weighted by atomic mass is 16.7. The van der Waals surface area contributed by atoms with Gasteiger partial charge in [0.05, 0.1) is 7.11 Å². The van der Waals surface area contributed by atoms with Gasteiger partial charge in [-0.25, -0.2) is 0 Å².